The minimum absolute atomic E-state index is 0.0299. The number of amidine groups is 1. The maximum atomic E-state index is 12.8. The normalized spacial score (nSPS) is 12.5. The van der Waals surface area contributed by atoms with Crippen molar-refractivity contribution in [3.63, 3.8) is 0 Å². The Morgan fingerprint density at radius 1 is 1.08 bits per heavy atom. The van der Waals surface area contributed by atoms with E-state index in [0.717, 1.165) is 24.3 Å². The molecule has 0 saturated carbocycles. The van der Waals surface area contributed by atoms with Crippen LogP contribution in [0.4, 0.5) is 4.79 Å². The lowest BCUT2D eigenvalue weighted by atomic mass is 9.95. The van der Waals surface area contributed by atoms with Gasteiger partial charge >= 0.3 is 12.1 Å². The fraction of sp³-hybridized carbons (Fsp3) is 0.333. The van der Waals surface area contributed by atoms with Crippen LogP contribution in [0.25, 0.3) is 0 Å². The first-order chi connectivity index (χ1) is 17.1. The van der Waals surface area contributed by atoms with Gasteiger partial charge in [-0.05, 0) is 42.2 Å². The summed E-state index contributed by atoms with van der Waals surface area (Å²) in [4.78, 5) is 35.3. The Morgan fingerprint density at radius 3 is 2.44 bits per heavy atom. The van der Waals surface area contributed by atoms with Crippen molar-refractivity contribution in [1.29, 1.82) is 0 Å². The number of esters is 1. The van der Waals surface area contributed by atoms with E-state index < -0.39 is 12.1 Å². The molecule has 7 nitrogen and oxygen atoms in total. The average molecular weight is 528 g/mol. The van der Waals surface area contributed by atoms with E-state index in [0.29, 0.717) is 21.1 Å². The molecule has 0 aliphatic heterocycles. The predicted molar refractivity (Wildman–Crippen MR) is 143 cm³/mol. The zero-order valence-electron chi connectivity index (χ0n) is 21.1. The van der Waals surface area contributed by atoms with Crippen molar-refractivity contribution in [3.05, 3.63) is 75.0 Å². The first kappa shape index (κ1) is 27.4. The third-order valence-corrected chi connectivity index (χ3v) is 6.68. The van der Waals surface area contributed by atoms with E-state index in [4.69, 9.17) is 26.1 Å². The third kappa shape index (κ3) is 7.63. The number of halogens is 1. The smallest absolute Gasteiger partial charge is 0.426 e. The van der Waals surface area contributed by atoms with Crippen molar-refractivity contribution in [2.24, 2.45) is 9.98 Å². The molecule has 0 atom stereocenters. The molecule has 2 aromatic carbocycles. The Morgan fingerprint density at radius 2 is 1.81 bits per heavy atom. The molecule has 0 fully saturated rings. The number of para-hydroxylation sites is 1. The zero-order chi connectivity index (χ0) is 26.3. The number of hydrogen-bond donors (Lipinski definition) is 0. The summed E-state index contributed by atoms with van der Waals surface area (Å²) in [6, 6.07) is 13.3. The van der Waals surface area contributed by atoms with Gasteiger partial charge in [0.05, 0.1) is 5.56 Å². The Labute approximate surface area is 220 Å². The number of aliphatic imine (C=N–C) groups is 1. The summed E-state index contributed by atoms with van der Waals surface area (Å²) in [5, 5.41) is 0.376. The summed E-state index contributed by atoms with van der Waals surface area (Å²) >= 11 is 7.79. The Bertz CT molecular complexity index is 1320. The highest BCUT2D eigenvalue weighted by atomic mass is 35.5. The van der Waals surface area contributed by atoms with Gasteiger partial charge < -0.3 is 14.0 Å². The van der Waals surface area contributed by atoms with Gasteiger partial charge in [0.15, 0.2) is 10.6 Å². The average Bonchev–Trinajstić information content (AvgIpc) is 3.22. The van der Waals surface area contributed by atoms with E-state index in [1.54, 1.807) is 42.5 Å². The summed E-state index contributed by atoms with van der Waals surface area (Å²) in [5.41, 5.74) is 0.213. The zero-order valence-corrected chi connectivity index (χ0v) is 22.7. The monoisotopic (exact) mass is 527 g/mol. The molecule has 190 valence electrons. The summed E-state index contributed by atoms with van der Waals surface area (Å²) in [6.07, 6.45) is 3.21. The van der Waals surface area contributed by atoms with Gasteiger partial charge in [-0.25, -0.2) is 9.79 Å². The SMILES string of the molecule is CCCCn1cc(C(C)(C)C)sc1=N/C(=N/C(=O)Oc1ccccc1)c1cc(Cl)ccc1OC(C)=O. The number of aryl methyl sites for hydroxylation is 1. The summed E-state index contributed by atoms with van der Waals surface area (Å²) in [7, 11) is 0. The molecule has 1 amide bonds. The second-order valence-corrected chi connectivity index (χ2v) is 10.6. The lowest BCUT2D eigenvalue weighted by molar-refractivity contribution is -0.131. The fourth-order valence-corrected chi connectivity index (χ4v) is 4.41. The third-order valence-electron chi connectivity index (χ3n) is 5.00. The van der Waals surface area contributed by atoms with Crippen LogP contribution in [0, 0.1) is 0 Å². The molecule has 1 heterocycles. The van der Waals surface area contributed by atoms with E-state index in [9.17, 15) is 9.59 Å². The van der Waals surface area contributed by atoms with Crippen LogP contribution in [-0.2, 0) is 16.8 Å². The van der Waals surface area contributed by atoms with Gasteiger partial charge in [-0.2, -0.15) is 4.99 Å². The molecule has 0 aliphatic carbocycles. The molecule has 0 radical (unpaired) electrons. The van der Waals surface area contributed by atoms with Gasteiger partial charge in [-0.15, -0.1) is 11.3 Å². The van der Waals surface area contributed by atoms with E-state index in [2.05, 4.69) is 43.5 Å². The van der Waals surface area contributed by atoms with Crippen LogP contribution in [0.5, 0.6) is 11.5 Å². The van der Waals surface area contributed by atoms with Crippen molar-refractivity contribution >= 4 is 40.8 Å². The maximum Gasteiger partial charge on any atom is 0.441 e. The topological polar surface area (TPSA) is 82.2 Å². The number of ether oxygens (including phenoxy) is 2. The van der Waals surface area contributed by atoms with Crippen molar-refractivity contribution < 1.29 is 19.1 Å². The Kier molecular flexibility index (Phi) is 9.23. The summed E-state index contributed by atoms with van der Waals surface area (Å²) in [6.45, 7) is 10.6. The van der Waals surface area contributed by atoms with Crippen LogP contribution in [0.1, 0.15) is 57.9 Å². The van der Waals surface area contributed by atoms with Crippen molar-refractivity contribution in [1.82, 2.24) is 4.57 Å². The van der Waals surface area contributed by atoms with Gasteiger partial charge in [0, 0.05) is 29.6 Å². The Balaban J connectivity index is 2.20. The Hall–Kier alpha value is -3.23. The lowest BCUT2D eigenvalue weighted by Crippen LogP contribution is -2.18. The second kappa shape index (κ2) is 12.1. The van der Waals surface area contributed by atoms with Crippen molar-refractivity contribution in [3.8, 4) is 11.5 Å². The molecule has 0 aliphatic rings. The van der Waals surface area contributed by atoms with Gasteiger partial charge in [-0.3, -0.25) is 4.79 Å². The maximum absolute atomic E-state index is 12.8. The minimum atomic E-state index is -0.860. The van der Waals surface area contributed by atoms with E-state index in [-0.39, 0.29) is 17.0 Å². The number of aromatic nitrogens is 1. The minimum Gasteiger partial charge on any atom is -0.426 e. The number of nitrogens with zero attached hydrogens (tertiary/aromatic N) is 3. The molecule has 0 spiro atoms. The highest BCUT2D eigenvalue weighted by Gasteiger charge is 2.20. The molecule has 0 unspecified atom stereocenters. The van der Waals surface area contributed by atoms with Crippen LogP contribution >= 0.6 is 22.9 Å². The summed E-state index contributed by atoms with van der Waals surface area (Å²) in [5.74, 6) is 0.0480. The van der Waals surface area contributed by atoms with Crippen LogP contribution in [-0.4, -0.2) is 22.5 Å². The van der Waals surface area contributed by atoms with Gasteiger partial charge in [0.25, 0.3) is 0 Å². The molecule has 0 saturated heterocycles. The molecule has 3 rings (SSSR count). The number of amides is 1. The number of hydrogen-bond acceptors (Lipinski definition) is 5. The number of rotatable bonds is 6. The first-order valence-electron chi connectivity index (χ1n) is 11.7. The van der Waals surface area contributed by atoms with Crippen LogP contribution in [0.3, 0.4) is 0 Å². The van der Waals surface area contributed by atoms with E-state index in [1.165, 1.54) is 18.3 Å². The van der Waals surface area contributed by atoms with Gasteiger partial charge in [-0.1, -0.05) is 63.9 Å². The highest BCUT2D eigenvalue weighted by molar-refractivity contribution is 7.09. The number of unbranched alkanes of at least 4 members (excludes halogenated alkanes) is 1. The molecule has 36 heavy (non-hydrogen) atoms. The van der Waals surface area contributed by atoms with Crippen molar-refractivity contribution in [2.75, 3.05) is 0 Å². The molecule has 1 aromatic heterocycles. The molecule has 3 aromatic rings. The molecule has 0 bridgehead atoms. The number of carbonyl (C=O) groups excluding carboxylic acids is 2. The number of thiazole rings is 1. The number of benzene rings is 2. The van der Waals surface area contributed by atoms with E-state index >= 15 is 0 Å². The van der Waals surface area contributed by atoms with Crippen LogP contribution in [0.2, 0.25) is 5.02 Å². The van der Waals surface area contributed by atoms with E-state index in [1.807, 2.05) is 6.07 Å². The summed E-state index contributed by atoms with van der Waals surface area (Å²) < 4.78 is 12.8. The largest absolute Gasteiger partial charge is 0.441 e. The van der Waals surface area contributed by atoms with Crippen LogP contribution in [0.15, 0.2) is 64.7 Å². The molecule has 9 heteroatoms. The standard InChI is InChI=1S/C27H30ClN3O4S/c1-6-7-15-31-17-23(27(3,4)5)36-25(31)29-24(30-26(33)35-20-11-9-8-10-12-20)21-16-19(28)13-14-22(21)34-18(2)32/h8-14,16-17H,6-7,15H2,1-5H3/b29-25?,30-24+. The highest BCUT2D eigenvalue weighted by Crippen LogP contribution is 2.27. The van der Waals surface area contributed by atoms with Crippen molar-refractivity contribution in [2.45, 2.75) is 59.4 Å². The fourth-order valence-electron chi connectivity index (χ4n) is 3.16. The molecule has 0 N–H and O–H groups in total. The van der Waals surface area contributed by atoms with Gasteiger partial charge in [0.1, 0.15) is 11.5 Å². The quantitative estimate of drug-likeness (QED) is 0.153. The first-order valence-corrected chi connectivity index (χ1v) is 12.9. The van der Waals surface area contributed by atoms with Gasteiger partial charge in [0.2, 0.25) is 0 Å². The molecular formula is C27H30ClN3O4S. The second-order valence-electron chi connectivity index (χ2n) is 9.14. The van der Waals surface area contributed by atoms with Crippen LogP contribution < -0.4 is 14.3 Å². The molecular weight excluding hydrogens is 498 g/mol. The lowest BCUT2D eigenvalue weighted by Gasteiger charge is -2.14. The predicted octanol–water partition coefficient (Wildman–Crippen LogP) is 6.77. The number of carbonyl (C=O) groups is 2.